The normalized spacial score (nSPS) is 12.8. The molecule has 0 spiro atoms. The van der Waals surface area contributed by atoms with Crippen LogP contribution in [-0.4, -0.2) is 36.1 Å². The van der Waals surface area contributed by atoms with Crippen LogP contribution in [0.15, 0.2) is 42.5 Å². The van der Waals surface area contributed by atoms with Crippen molar-refractivity contribution >= 4 is 16.7 Å². The van der Waals surface area contributed by atoms with Crippen molar-refractivity contribution in [2.24, 2.45) is 0 Å². The highest BCUT2D eigenvalue weighted by Crippen LogP contribution is 2.20. The summed E-state index contributed by atoms with van der Waals surface area (Å²) < 4.78 is 0. The summed E-state index contributed by atoms with van der Waals surface area (Å²) in [5, 5.41) is 11.5. The Balaban J connectivity index is 2.39. The Bertz CT molecular complexity index is 558. The molecule has 0 unspecified atom stereocenters. The Morgan fingerprint density at radius 2 is 1.83 bits per heavy atom. The minimum absolute atomic E-state index is 0.490. The van der Waals surface area contributed by atoms with Gasteiger partial charge in [0.2, 0.25) is 0 Å². The summed E-state index contributed by atoms with van der Waals surface area (Å²) in [4.78, 5) is 13.0. The van der Waals surface area contributed by atoms with Crippen LogP contribution in [0.4, 0.5) is 0 Å². The fraction of sp³-hybridized carbons (Fsp3) is 0.267. The van der Waals surface area contributed by atoms with E-state index >= 15 is 0 Å². The molecule has 3 heteroatoms. The van der Waals surface area contributed by atoms with E-state index in [2.05, 4.69) is 0 Å². The van der Waals surface area contributed by atoms with Gasteiger partial charge in [-0.15, -0.1) is 0 Å². The molecule has 0 amide bonds. The molecule has 0 aliphatic rings. The lowest BCUT2D eigenvalue weighted by molar-refractivity contribution is -0.142. The number of fused-ring (bicyclic) bond motifs is 1. The summed E-state index contributed by atoms with van der Waals surface area (Å²) in [5.41, 5.74) is 1.08. The molecule has 0 fully saturated rings. The minimum atomic E-state index is -0.784. The molecule has 0 heterocycles. The average Bonchev–Trinajstić information content (AvgIpc) is 2.35. The number of rotatable bonds is 4. The Kier molecular flexibility index (Phi) is 3.63. The summed E-state index contributed by atoms with van der Waals surface area (Å²) >= 11 is 0. The molecule has 0 bridgehead atoms. The highest BCUT2D eigenvalue weighted by Gasteiger charge is 2.20. The van der Waals surface area contributed by atoms with Crippen LogP contribution < -0.4 is 0 Å². The number of benzene rings is 2. The molecule has 0 radical (unpaired) electrons. The second kappa shape index (κ2) is 5.19. The van der Waals surface area contributed by atoms with Crippen molar-refractivity contribution in [2.75, 3.05) is 14.1 Å². The average molecular weight is 243 g/mol. The van der Waals surface area contributed by atoms with Crippen molar-refractivity contribution in [1.82, 2.24) is 4.90 Å². The van der Waals surface area contributed by atoms with E-state index in [0.29, 0.717) is 6.42 Å². The Hall–Kier alpha value is -1.87. The fourth-order valence-corrected chi connectivity index (χ4v) is 2.17. The van der Waals surface area contributed by atoms with E-state index in [1.165, 1.54) is 0 Å². The standard InChI is InChI=1S/C15H17NO2/c1-16(2)14(15(17)18)10-12-8-5-7-11-6-3-4-9-13(11)12/h3-9,14H,10H2,1-2H3,(H,17,18)/t14-/m1/s1. The van der Waals surface area contributed by atoms with Crippen molar-refractivity contribution in [2.45, 2.75) is 12.5 Å². The predicted molar refractivity (Wildman–Crippen MR) is 72.8 cm³/mol. The Labute approximate surface area is 107 Å². The molecule has 0 aromatic heterocycles. The molecule has 3 nitrogen and oxygen atoms in total. The molecule has 94 valence electrons. The van der Waals surface area contributed by atoms with E-state index in [1.807, 2.05) is 42.5 Å². The Morgan fingerprint density at radius 3 is 2.50 bits per heavy atom. The molecule has 2 rings (SSSR count). The van der Waals surface area contributed by atoms with Gasteiger partial charge in [-0.1, -0.05) is 42.5 Å². The SMILES string of the molecule is CN(C)[C@H](Cc1cccc2ccccc12)C(=O)O. The molecule has 0 saturated heterocycles. The molecule has 2 aromatic carbocycles. The van der Waals surface area contributed by atoms with E-state index in [1.54, 1.807) is 19.0 Å². The lowest BCUT2D eigenvalue weighted by atomic mass is 9.98. The van der Waals surface area contributed by atoms with Gasteiger partial charge in [-0.05, 0) is 36.9 Å². The van der Waals surface area contributed by atoms with Crippen molar-refractivity contribution in [1.29, 1.82) is 0 Å². The summed E-state index contributed by atoms with van der Waals surface area (Å²) in [6.45, 7) is 0. The largest absolute Gasteiger partial charge is 0.480 e. The minimum Gasteiger partial charge on any atom is -0.480 e. The number of carboxylic acids is 1. The van der Waals surface area contributed by atoms with E-state index < -0.39 is 12.0 Å². The number of hydrogen-bond donors (Lipinski definition) is 1. The van der Waals surface area contributed by atoms with Gasteiger partial charge >= 0.3 is 5.97 Å². The van der Waals surface area contributed by atoms with E-state index in [4.69, 9.17) is 0 Å². The highest BCUT2D eigenvalue weighted by atomic mass is 16.4. The van der Waals surface area contributed by atoms with Crippen molar-refractivity contribution in [3.8, 4) is 0 Å². The molecule has 1 atom stereocenters. The van der Waals surface area contributed by atoms with Gasteiger partial charge < -0.3 is 5.11 Å². The van der Waals surface area contributed by atoms with Crippen molar-refractivity contribution in [3.63, 3.8) is 0 Å². The second-order valence-corrected chi connectivity index (χ2v) is 4.66. The van der Waals surface area contributed by atoms with Crippen LogP contribution in [0.3, 0.4) is 0 Å². The van der Waals surface area contributed by atoms with Crippen LogP contribution in [0, 0.1) is 0 Å². The lowest BCUT2D eigenvalue weighted by Gasteiger charge is -2.20. The maximum Gasteiger partial charge on any atom is 0.321 e. The zero-order valence-corrected chi connectivity index (χ0v) is 10.6. The van der Waals surface area contributed by atoms with Gasteiger partial charge in [-0.3, -0.25) is 9.69 Å². The monoisotopic (exact) mass is 243 g/mol. The first-order valence-corrected chi connectivity index (χ1v) is 5.95. The molecule has 1 N–H and O–H groups in total. The number of aliphatic carboxylic acids is 1. The topological polar surface area (TPSA) is 40.5 Å². The van der Waals surface area contributed by atoms with Crippen LogP contribution in [0.5, 0.6) is 0 Å². The molecule has 0 aliphatic heterocycles. The molecule has 18 heavy (non-hydrogen) atoms. The highest BCUT2D eigenvalue weighted by molar-refractivity contribution is 5.86. The summed E-state index contributed by atoms with van der Waals surface area (Å²) in [6, 6.07) is 13.6. The van der Waals surface area contributed by atoms with Crippen LogP contribution in [0.1, 0.15) is 5.56 Å². The second-order valence-electron chi connectivity index (χ2n) is 4.66. The number of carbonyl (C=O) groups is 1. The third-order valence-corrected chi connectivity index (χ3v) is 3.20. The van der Waals surface area contributed by atoms with Gasteiger partial charge in [-0.2, -0.15) is 0 Å². The summed E-state index contributed by atoms with van der Waals surface area (Å²) in [7, 11) is 3.59. The van der Waals surface area contributed by atoms with Crippen molar-refractivity contribution < 1.29 is 9.90 Å². The van der Waals surface area contributed by atoms with Crippen LogP contribution in [-0.2, 0) is 11.2 Å². The first-order chi connectivity index (χ1) is 8.59. The zero-order chi connectivity index (χ0) is 13.1. The number of carboxylic acid groups (broad SMARTS) is 1. The van der Waals surface area contributed by atoms with E-state index in [9.17, 15) is 9.90 Å². The smallest absolute Gasteiger partial charge is 0.321 e. The predicted octanol–water partition coefficient (Wildman–Crippen LogP) is 2.40. The molecule has 0 aliphatic carbocycles. The quantitative estimate of drug-likeness (QED) is 0.896. The van der Waals surface area contributed by atoms with Gasteiger partial charge in [0.05, 0.1) is 0 Å². The van der Waals surface area contributed by atoms with E-state index in [0.717, 1.165) is 16.3 Å². The van der Waals surface area contributed by atoms with Gasteiger partial charge in [0.25, 0.3) is 0 Å². The number of likely N-dealkylation sites (N-methyl/N-ethyl adjacent to an activating group) is 1. The maximum absolute atomic E-state index is 11.2. The maximum atomic E-state index is 11.2. The van der Waals surface area contributed by atoms with Crippen LogP contribution >= 0.6 is 0 Å². The fourth-order valence-electron chi connectivity index (χ4n) is 2.17. The van der Waals surface area contributed by atoms with Gasteiger partial charge in [0.1, 0.15) is 6.04 Å². The van der Waals surface area contributed by atoms with Crippen LogP contribution in [0.25, 0.3) is 10.8 Å². The third kappa shape index (κ3) is 2.51. The Morgan fingerprint density at radius 1 is 1.17 bits per heavy atom. The van der Waals surface area contributed by atoms with Crippen molar-refractivity contribution in [3.05, 3.63) is 48.0 Å². The third-order valence-electron chi connectivity index (χ3n) is 3.20. The van der Waals surface area contributed by atoms with Gasteiger partial charge in [-0.25, -0.2) is 0 Å². The lowest BCUT2D eigenvalue weighted by Crippen LogP contribution is -2.37. The molecular weight excluding hydrogens is 226 g/mol. The molecule has 2 aromatic rings. The van der Waals surface area contributed by atoms with Gasteiger partial charge in [0.15, 0.2) is 0 Å². The first-order valence-electron chi connectivity index (χ1n) is 5.95. The summed E-state index contributed by atoms with van der Waals surface area (Å²) in [6.07, 6.45) is 0.518. The molecule has 0 saturated carbocycles. The first kappa shape index (κ1) is 12.6. The zero-order valence-electron chi connectivity index (χ0n) is 10.6. The number of hydrogen-bond acceptors (Lipinski definition) is 2. The van der Waals surface area contributed by atoms with Gasteiger partial charge in [0, 0.05) is 0 Å². The van der Waals surface area contributed by atoms with E-state index in [-0.39, 0.29) is 0 Å². The molecular formula is C15H17NO2. The summed E-state index contributed by atoms with van der Waals surface area (Å²) in [5.74, 6) is -0.784. The number of nitrogens with zero attached hydrogens (tertiary/aromatic N) is 1. The van der Waals surface area contributed by atoms with Crippen LogP contribution in [0.2, 0.25) is 0 Å².